The SMILES string of the molecule is Cc1cc(S(=O)(=O)NC[C@H](c2ccc(N(C)C)cc2)N(C)C)ccc1F. The van der Waals surface area contributed by atoms with Crippen LogP contribution in [0.2, 0.25) is 0 Å². The minimum Gasteiger partial charge on any atom is -0.378 e. The van der Waals surface area contributed by atoms with Crippen LogP contribution in [-0.4, -0.2) is 48.1 Å². The number of likely N-dealkylation sites (N-methyl/N-ethyl adjacent to an activating group) is 1. The molecule has 0 unspecified atom stereocenters. The van der Waals surface area contributed by atoms with Crippen LogP contribution in [-0.2, 0) is 10.0 Å². The van der Waals surface area contributed by atoms with Crippen LogP contribution in [0.15, 0.2) is 47.4 Å². The zero-order valence-electron chi connectivity index (χ0n) is 15.8. The molecule has 0 aliphatic heterocycles. The molecule has 142 valence electrons. The number of halogens is 1. The van der Waals surface area contributed by atoms with Gasteiger partial charge in [0, 0.05) is 32.4 Å². The van der Waals surface area contributed by atoms with Crippen molar-refractivity contribution in [1.29, 1.82) is 0 Å². The zero-order chi connectivity index (χ0) is 19.5. The largest absolute Gasteiger partial charge is 0.378 e. The standard InChI is InChI=1S/C19H26FN3O2S/c1-14-12-17(10-11-18(14)20)26(24,25)21-13-19(23(4)5)15-6-8-16(9-7-15)22(2)3/h6-12,19,21H,13H2,1-5H3/t19-/m1/s1. The number of hydrogen-bond donors (Lipinski definition) is 1. The summed E-state index contributed by atoms with van der Waals surface area (Å²) in [6.07, 6.45) is 0. The fourth-order valence-electron chi connectivity index (χ4n) is 2.65. The van der Waals surface area contributed by atoms with Crippen molar-refractivity contribution in [2.75, 3.05) is 39.6 Å². The van der Waals surface area contributed by atoms with Crippen molar-refractivity contribution < 1.29 is 12.8 Å². The molecule has 0 bridgehead atoms. The molecule has 0 heterocycles. The highest BCUT2D eigenvalue weighted by molar-refractivity contribution is 7.89. The van der Waals surface area contributed by atoms with Gasteiger partial charge in [-0.05, 0) is 62.5 Å². The molecule has 1 N–H and O–H groups in total. The molecule has 0 fully saturated rings. The molecular formula is C19H26FN3O2S. The van der Waals surface area contributed by atoms with Crippen molar-refractivity contribution in [2.24, 2.45) is 0 Å². The number of hydrogen-bond acceptors (Lipinski definition) is 4. The normalized spacial score (nSPS) is 13.0. The molecule has 1 atom stereocenters. The number of nitrogens with zero attached hydrogens (tertiary/aromatic N) is 2. The minimum absolute atomic E-state index is 0.0665. The topological polar surface area (TPSA) is 52.7 Å². The quantitative estimate of drug-likeness (QED) is 0.804. The molecule has 0 aliphatic carbocycles. The molecule has 0 aromatic heterocycles. The van der Waals surface area contributed by atoms with E-state index in [9.17, 15) is 12.8 Å². The Morgan fingerprint density at radius 2 is 1.65 bits per heavy atom. The molecule has 5 nitrogen and oxygen atoms in total. The molecule has 2 aromatic carbocycles. The molecule has 7 heteroatoms. The summed E-state index contributed by atoms with van der Waals surface area (Å²) in [5.41, 5.74) is 2.39. The van der Waals surface area contributed by atoms with Gasteiger partial charge in [-0.2, -0.15) is 0 Å². The van der Waals surface area contributed by atoms with Gasteiger partial charge in [-0.25, -0.2) is 17.5 Å². The highest BCUT2D eigenvalue weighted by Crippen LogP contribution is 2.22. The highest BCUT2D eigenvalue weighted by Gasteiger charge is 2.20. The van der Waals surface area contributed by atoms with Gasteiger partial charge in [0.25, 0.3) is 0 Å². The molecule has 0 radical (unpaired) electrons. The number of rotatable bonds is 7. The average molecular weight is 380 g/mol. The number of aryl methyl sites for hydroxylation is 1. The molecule has 0 amide bonds. The summed E-state index contributed by atoms with van der Waals surface area (Å²) in [5.74, 6) is -0.420. The number of nitrogens with one attached hydrogen (secondary N) is 1. The molecule has 0 saturated heterocycles. The maximum Gasteiger partial charge on any atom is 0.240 e. The molecule has 2 rings (SSSR count). The van der Waals surface area contributed by atoms with Gasteiger partial charge in [0.2, 0.25) is 10.0 Å². The summed E-state index contributed by atoms with van der Waals surface area (Å²) >= 11 is 0. The lowest BCUT2D eigenvalue weighted by atomic mass is 10.1. The lowest BCUT2D eigenvalue weighted by molar-refractivity contribution is 0.299. The molecule has 0 aliphatic rings. The molecular weight excluding hydrogens is 353 g/mol. The van der Waals surface area contributed by atoms with Crippen LogP contribution in [0.4, 0.5) is 10.1 Å². The Morgan fingerprint density at radius 3 is 2.15 bits per heavy atom. The van der Waals surface area contributed by atoms with E-state index < -0.39 is 15.8 Å². The first-order valence-electron chi connectivity index (χ1n) is 8.31. The van der Waals surface area contributed by atoms with Gasteiger partial charge in [-0.15, -0.1) is 0 Å². The van der Waals surface area contributed by atoms with Crippen LogP contribution >= 0.6 is 0 Å². The van der Waals surface area contributed by atoms with Crippen molar-refractivity contribution in [2.45, 2.75) is 17.9 Å². The highest BCUT2D eigenvalue weighted by atomic mass is 32.2. The van der Waals surface area contributed by atoms with E-state index in [2.05, 4.69) is 4.72 Å². The Bertz CT molecular complexity index is 850. The summed E-state index contributed by atoms with van der Waals surface area (Å²) in [6, 6.07) is 11.7. The lowest BCUT2D eigenvalue weighted by Gasteiger charge is -2.25. The second kappa shape index (κ2) is 8.16. The predicted octanol–water partition coefficient (Wildman–Crippen LogP) is 2.78. The van der Waals surface area contributed by atoms with Crippen LogP contribution in [0, 0.1) is 12.7 Å². The summed E-state index contributed by atoms with van der Waals surface area (Å²) < 4.78 is 41.1. The van der Waals surface area contributed by atoms with Crippen molar-refractivity contribution in [3.05, 3.63) is 59.4 Å². The van der Waals surface area contributed by atoms with E-state index >= 15 is 0 Å². The first-order valence-corrected chi connectivity index (χ1v) is 9.79. The zero-order valence-corrected chi connectivity index (χ0v) is 16.6. The molecule has 26 heavy (non-hydrogen) atoms. The average Bonchev–Trinajstić information content (AvgIpc) is 2.57. The number of anilines is 1. The van der Waals surface area contributed by atoms with Gasteiger partial charge in [0.05, 0.1) is 4.90 Å². The Labute approximate surface area is 155 Å². The Morgan fingerprint density at radius 1 is 1.04 bits per heavy atom. The third-order valence-electron chi connectivity index (χ3n) is 4.32. The van der Waals surface area contributed by atoms with Crippen molar-refractivity contribution in [3.8, 4) is 0 Å². The Kier molecular flexibility index (Phi) is 6.39. The van der Waals surface area contributed by atoms with E-state index in [0.29, 0.717) is 5.56 Å². The van der Waals surface area contributed by atoms with Crippen molar-refractivity contribution >= 4 is 15.7 Å². The first kappa shape index (κ1) is 20.4. The molecule has 0 spiro atoms. The fourth-order valence-corrected chi connectivity index (χ4v) is 3.77. The van der Waals surface area contributed by atoms with Gasteiger partial charge < -0.3 is 9.80 Å². The minimum atomic E-state index is -3.71. The van der Waals surface area contributed by atoms with Crippen molar-refractivity contribution in [1.82, 2.24) is 9.62 Å². The van der Waals surface area contributed by atoms with E-state index in [1.165, 1.54) is 18.2 Å². The third-order valence-corrected chi connectivity index (χ3v) is 5.75. The van der Waals surface area contributed by atoms with Crippen LogP contribution in [0.5, 0.6) is 0 Å². The van der Waals surface area contributed by atoms with Gasteiger partial charge in [-0.3, -0.25) is 0 Å². The molecule has 0 saturated carbocycles. The van der Waals surface area contributed by atoms with E-state index in [4.69, 9.17) is 0 Å². The smallest absolute Gasteiger partial charge is 0.240 e. The maximum absolute atomic E-state index is 13.4. The lowest BCUT2D eigenvalue weighted by Crippen LogP contribution is -2.34. The van der Waals surface area contributed by atoms with E-state index in [1.807, 2.05) is 62.3 Å². The third kappa shape index (κ3) is 4.81. The van der Waals surface area contributed by atoms with Crippen LogP contribution in [0.25, 0.3) is 0 Å². The summed E-state index contributed by atoms with van der Waals surface area (Å²) in [5, 5.41) is 0. The second-order valence-electron chi connectivity index (χ2n) is 6.73. The summed E-state index contributed by atoms with van der Waals surface area (Å²) in [6.45, 7) is 1.76. The van der Waals surface area contributed by atoms with Gasteiger partial charge in [0.1, 0.15) is 5.82 Å². The first-order chi connectivity index (χ1) is 12.1. The fraction of sp³-hybridized carbons (Fsp3) is 0.368. The van der Waals surface area contributed by atoms with Crippen LogP contribution in [0.3, 0.4) is 0 Å². The number of sulfonamides is 1. The number of benzene rings is 2. The molecule has 2 aromatic rings. The maximum atomic E-state index is 13.4. The van der Waals surface area contributed by atoms with E-state index in [0.717, 1.165) is 11.3 Å². The van der Waals surface area contributed by atoms with Crippen molar-refractivity contribution in [3.63, 3.8) is 0 Å². The summed E-state index contributed by atoms with van der Waals surface area (Å²) in [4.78, 5) is 4.04. The monoisotopic (exact) mass is 379 g/mol. The Balaban J connectivity index is 2.18. The predicted molar refractivity (Wildman–Crippen MR) is 104 cm³/mol. The van der Waals surface area contributed by atoms with Crippen LogP contribution < -0.4 is 9.62 Å². The van der Waals surface area contributed by atoms with Crippen LogP contribution in [0.1, 0.15) is 17.2 Å². The Hall–Kier alpha value is -1.96. The van der Waals surface area contributed by atoms with Gasteiger partial charge in [0.15, 0.2) is 0 Å². The second-order valence-corrected chi connectivity index (χ2v) is 8.50. The van der Waals surface area contributed by atoms with E-state index in [1.54, 1.807) is 6.92 Å². The van der Waals surface area contributed by atoms with Gasteiger partial charge in [-0.1, -0.05) is 12.1 Å². The summed E-state index contributed by atoms with van der Waals surface area (Å²) in [7, 11) is 4.04. The van der Waals surface area contributed by atoms with E-state index in [-0.39, 0.29) is 17.5 Å². The van der Waals surface area contributed by atoms with Gasteiger partial charge >= 0.3 is 0 Å².